The topological polar surface area (TPSA) is 78.4 Å². The highest BCUT2D eigenvalue weighted by molar-refractivity contribution is 9.10. The maximum Gasteiger partial charge on any atom is 0.319 e. The van der Waals surface area contributed by atoms with Gasteiger partial charge in [-0.3, -0.25) is 4.79 Å². The number of hydrogen-bond acceptors (Lipinski definition) is 2. The molecule has 0 saturated carbocycles. The number of carboxylic acids is 1. The Labute approximate surface area is 114 Å². The number of benzene rings is 1. The van der Waals surface area contributed by atoms with Gasteiger partial charge in [-0.2, -0.15) is 0 Å². The standard InChI is InChI=1S/C12H15BrN2O3/c1-8-4-5-9(7-10(8)13)15-12(18)14-6-2-3-11(16)17/h4-5,7H,2-3,6H2,1H3,(H,16,17)(H2,14,15,18). The van der Waals surface area contributed by atoms with Crippen LogP contribution in [0.5, 0.6) is 0 Å². The Morgan fingerprint density at radius 1 is 1.39 bits per heavy atom. The van der Waals surface area contributed by atoms with Crippen LogP contribution in [0.25, 0.3) is 0 Å². The van der Waals surface area contributed by atoms with E-state index in [0.717, 1.165) is 10.0 Å². The number of halogens is 1. The lowest BCUT2D eigenvalue weighted by atomic mass is 10.2. The second kappa shape index (κ2) is 7.00. The molecule has 0 spiro atoms. The predicted octanol–water partition coefficient (Wildman–Crippen LogP) is 2.74. The molecule has 1 rings (SSSR count). The minimum Gasteiger partial charge on any atom is -0.481 e. The molecule has 0 fully saturated rings. The first kappa shape index (κ1) is 14.5. The van der Waals surface area contributed by atoms with Crippen molar-refractivity contribution in [3.63, 3.8) is 0 Å². The molecule has 6 heteroatoms. The fourth-order valence-electron chi connectivity index (χ4n) is 1.29. The number of rotatable bonds is 5. The molecule has 0 aliphatic rings. The van der Waals surface area contributed by atoms with Gasteiger partial charge in [0, 0.05) is 23.1 Å². The van der Waals surface area contributed by atoms with Gasteiger partial charge >= 0.3 is 12.0 Å². The summed E-state index contributed by atoms with van der Waals surface area (Å²) in [6, 6.07) is 5.17. The molecule has 98 valence electrons. The van der Waals surface area contributed by atoms with Gasteiger partial charge in [0.25, 0.3) is 0 Å². The summed E-state index contributed by atoms with van der Waals surface area (Å²) < 4.78 is 0.922. The van der Waals surface area contributed by atoms with E-state index in [4.69, 9.17) is 5.11 Å². The van der Waals surface area contributed by atoms with E-state index in [9.17, 15) is 9.59 Å². The third-order valence-corrected chi connectivity index (χ3v) is 3.14. The predicted molar refractivity (Wildman–Crippen MR) is 72.8 cm³/mol. The maximum absolute atomic E-state index is 11.5. The molecule has 2 amide bonds. The Hall–Kier alpha value is -1.56. The van der Waals surface area contributed by atoms with E-state index in [-0.39, 0.29) is 12.5 Å². The summed E-state index contributed by atoms with van der Waals surface area (Å²) in [4.78, 5) is 21.7. The van der Waals surface area contributed by atoms with E-state index in [2.05, 4.69) is 26.6 Å². The van der Waals surface area contributed by atoms with E-state index in [0.29, 0.717) is 18.7 Å². The Morgan fingerprint density at radius 3 is 2.72 bits per heavy atom. The number of nitrogens with one attached hydrogen (secondary N) is 2. The molecule has 1 aromatic rings. The minimum atomic E-state index is -0.861. The molecule has 0 radical (unpaired) electrons. The molecule has 18 heavy (non-hydrogen) atoms. The Kier molecular flexibility index (Phi) is 5.64. The Bertz CT molecular complexity index is 449. The van der Waals surface area contributed by atoms with Gasteiger partial charge in [-0.25, -0.2) is 4.79 Å². The van der Waals surface area contributed by atoms with Gasteiger partial charge in [0.1, 0.15) is 0 Å². The minimum absolute atomic E-state index is 0.0519. The number of carbonyl (C=O) groups is 2. The number of carboxylic acid groups (broad SMARTS) is 1. The van der Waals surface area contributed by atoms with Crippen molar-refractivity contribution in [2.24, 2.45) is 0 Å². The SMILES string of the molecule is Cc1ccc(NC(=O)NCCCC(=O)O)cc1Br. The van der Waals surface area contributed by atoms with Crippen LogP contribution >= 0.6 is 15.9 Å². The van der Waals surface area contributed by atoms with Crippen molar-refractivity contribution in [3.8, 4) is 0 Å². The van der Waals surface area contributed by atoms with Crippen molar-refractivity contribution >= 4 is 33.6 Å². The molecular formula is C12H15BrN2O3. The van der Waals surface area contributed by atoms with Crippen LogP contribution in [-0.4, -0.2) is 23.7 Å². The molecule has 0 atom stereocenters. The first-order valence-electron chi connectivity index (χ1n) is 5.52. The molecule has 0 aliphatic heterocycles. The molecular weight excluding hydrogens is 300 g/mol. The summed E-state index contributed by atoms with van der Waals surface area (Å²) in [5.74, 6) is -0.861. The summed E-state index contributed by atoms with van der Waals surface area (Å²) in [7, 11) is 0. The zero-order chi connectivity index (χ0) is 13.5. The normalized spacial score (nSPS) is 9.89. The van der Waals surface area contributed by atoms with Crippen molar-refractivity contribution in [3.05, 3.63) is 28.2 Å². The van der Waals surface area contributed by atoms with E-state index in [1.807, 2.05) is 19.1 Å². The van der Waals surface area contributed by atoms with Gasteiger partial charge in [0.15, 0.2) is 0 Å². The lowest BCUT2D eigenvalue weighted by Gasteiger charge is -2.08. The van der Waals surface area contributed by atoms with Gasteiger partial charge in [-0.1, -0.05) is 22.0 Å². The lowest BCUT2D eigenvalue weighted by Crippen LogP contribution is -2.29. The average molecular weight is 315 g/mol. The second-order valence-corrected chi connectivity index (χ2v) is 4.70. The van der Waals surface area contributed by atoms with Crippen LogP contribution in [0, 0.1) is 6.92 Å². The molecule has 0 unspecified atom stereocenters. The Morgan fingerprint density at radius 2 is 2.11 bits per heavy atom. The van der Waals surface area contributed by atoms with Crippen LogP contribution in [-0.2, 0) is 4.79 Å². The zero-order valence-electron chi connectivity index (χ0n) is 10.00. The summed E-state index contributed by atoms with van der Waals surface area (Å²) in [6.45, 7) is 2.30. The van der Waals surface area contributed by atoms with Gasteiger partial charge < -0.3 is 15.7 Å². The third-order valence-electron chi connectivity index (χ3n) is 2.28. The highest BCUT2D eigenvalue weighted by atomic mass is 79.9. The molecule has 0 aromatic heterocycles. The molecule has 0 saturated heterocycles. The number of aryl methyl sites for hydroxylation is 1. The van der Waals surface area contributed by atoms with Crippen LogP contribution in [0.15, 0.2) is 22.7 Å². The highest BCUT2D eigenvalue weighted by Gasteiger charge is 2.03. The van der Waals surface area contributed by atoms with Crippen molar-refractivity contribution in [1.29, 1.82) is 0 Å². The van der Waals surface area contributed by atoms with Crippen LogP contribution in [0.4, 0.5) is 10.5 Å². The number of hydrogen-bond donors (Lipinski definition) is 3. The van der Waals surface area contributed by atoms with E-state index >= 15 is 0 Å². The molecule has 5 nitrogen and oxygen atoms in total. The zero-order valence-corrected chi connectivity index (χ0v) is 11.6. The van der Waals surface area contributed by atoms with Gasteiger partial charge in [0.2, 0.25) is 0 Å². The van der Waals surface area contributed by atoms with Gasteiger partial charge in [-0.15, -0.1) is 0 Å². The molecule has 0 aliphatic carbocycles. The molecule has 0 heterocycles. The quantitative estimate of drug-likeness (QED) is 0.731. The number of anilines is 1. The highest BCUT2D eigenvalue weighted by Crippen LogP contribution is 2.20. The van der Waals surface area contributed by atoms with E-state index in [1.54, 1.807) is 6.07 Å². The Balaban J connectivity index is 2.35. The summed E-state index contributed by atoms with van der Waals surface area (Å²) >= 11 is 3.38. The van der Waals surface area contributed by atoms with Crippen LogP contribution in [0.3, 0.4) is 0 Å². The fraction of sp³-hybridized carbons (Fsp3) is 0.333. The van der Waals surface area contributed by atoms with Crippen molar-refractivity contribution in [2.45, 2.75) is 19.8 Å². The van der Waals surface area contributed by atoms with Gasteiger partial charge in [0.05, 0.1) is 0 Å². The van der Waals surface area contributed by atoms with E-state index in [1.165, 1.54) is 0 Å². The summed E-state index contributed by atoms with van der Waals surface area (Å²) in [6.07, 6.45) is 0.469. The van der Waals surface area contributed by atoms with Crippen LogP contribution in [0.2, 0.25) is 0 Å². The third kappa shape index (κ3) is 5.18. The van der Waals surface area contributed by atoms with Crippen LogP contribution in [0.1, 0.15) is 18.4 Å². The molecule has 3 N–H and O–H groups in total. The van der Waals surface area contributed by atoms with Gasteiger partial charge in [-0.05, 0) is 31.0 Å². The number of aliphatic carboxylic acids is 1. The summed E-state index contributed by atoms with van der Waals surface area (Å²) in [5.41, 5.74) is 1.77. The van der Waals surface area contributed by atoms with Crippen LogP contribution < -0.4 is 10.6 Å². The number of amides is 2. The molecule has 0 bridgehead atoms. The molecule has 1 aromatic carbocycles. The monoisotopic (exact) mass is 314 g/mol. The van der Waals surface area contributed by atoms with E-state index < -0.39 is 5.97 Å². The largest absolute Gasteiger partial charge is 0.481 e. The number of carbonyl (C=O) groups excluding carboxylic acids is 1. The van der Waals surface area contributed by atoms with Crippen molar-refractivity contribution in [1.82, 2.24) is 5.32 Å². The average Bonchev–Trinajstić information content (AvgIpc) is 2.29. The smallest absolute Gasteiger partial charge is 0.319 e. The lowest BCUT2D eigenvalue weighted by molar-refractivity contribution is -0.137. The first-order valence-corrected chi connectivity index (χ1v) is 6.31. The number of urea groups is 1. The fourth-order valence-corrected chi connectivity index (χ4v) is 1.67. The van der Waals surface area contributed by atoms with Crippen molar-refractivity contribution < 1.29 is 14.7 Å². The summed E-state index contributed by atoms with van der Waals surface area (Å²) in [5, 5.41) is 13.7. The van der Waals surface area contributed by atoms with Crippen molar-refractivity contribution in [2.75, 3.05) is 11.9 Å². The first-order chi connectivity index (χ1) is 8.49. The maximum atomic E-state index is 11.5. The second-order valence-electron chi connectivity index (χ2n) is 3.84.